The van der Waals surface area contributed by atoms with Crippen LogP contribution >= 0.6 is 0 Å². The van der Waals surface area contributed by atoms with Gasteiger partial charge in [-0.15, -0.1) is 6.42 Å². The fraction of sp³-hybridized carbons (Fsp3) is 0.471. The summed E-state index contributed by atoms with van der Waals surface area (Å²) < 4.78 is 0. The minimum absolute atomic E-state index is 0.0308. The molecule has 3 heteroatoms. The van der Waals surface area contributed by atoms with E-state index in [0.29, 0.717) is 5.56 Å². The van der Waals surface area contributed by atoms with Crippen LogP contribution < -0.4 is 11.1 Å². The summed E-state index contributed by atoms with van der Waals surface area (Å²) in [6.07, 6.45) is 12.2. The van der Waals surface area contributed by atoms with E-state index in [4.69, 9.17) is 12.2 Å². The van der Waals surface area contributed by atoms with Gasteiger partial charge in [0.25, 0.3) is 5.91 Å². The van der Waals surface area contributed by atoms with Gasteiger partial charge in [-0.3, -0.25) is 4.79 Å². The highest BCUT2D eigenvalue weighted by atomic mass is 16.1. The number of carbonyl (C=O) groups is 1. The molecule has 0 unspecified atom stereocenters. The van der Waals surface area contributed by atoms with E-state index in [1.807, 2.05) is 0 Å². The lowest BCUT2D eigenvalue weighted by Crippen LogP contribution is -2.24. The van der Waals surface area contributed by atoms with Crippen LogP contribution in [0.15, 0.2) is 24.3 Å². The quantitative estimate of drug-likeness (QED) is 0.536. The zero-order valence-electron chi connectivity index (χ0n) is 12.0. The number of rotatable bonds is 9. The summed E-state index contributed by atoms with van der Waals surface area (Å²) in [7, 11) is 0. The molecule has 0 fully saturated rings. The molecule has 1 rings (SSSR count). The number of nitrogens with one attached hydrogen (secondary N) is 1. The van der Waals surface area contributed by atoms with Gasteiger partial charge in [-0.25, -0.2) is 0 Å². The van der Waals surface area contributed by atoms with Crippen LogP contribution in [-0.2, 0) is 0 Å². The Morgan fingerprint density at radius 1 is 1.05 bits per heavy atom. The van der Waals surface area contributed by atoms with Crippen LogP contribution in [0.4, 0.5) is 0 Å². The number of benzene rings is 1. The summed E-state index contributed by atoms with van der Waals surface area (Å²) in [5.74, 6) is 2.50. The zero-order chi connectivity index (χ0) is 14.6. The number of unbranched alkanes of at least 4 members (excludes halogenated alkanes) is 5. The minimum Gasteiger partial charge on any atom is -0.352 e. The van der Waals surface area contributed by atoms with Gasteiger partial charge in [0, 0.05) is 17.7 Å². The molecule has 1 aromatic rings. The van der Waals surface area contributed by atoms with E-state index >= 15 is 0 Å². The highest BCUT2D eigenvalue weighted by molar-refractivity contribution is 5.94. The number of terminal acetylenes is 1. The molecular weight excluding hydrogens is 248 g/mol. The van der Waals surface area contributed by atoms with Gasteiger partial charge >= 0.3 is 0 Å². The van der Waals surface area contributed by atoms with E-state index in [1.165, 1.54) is 19.3 Å². The van der Waals surface area contributed by atoms with E-state index < -0.39 is 0 Å². The first-order valence-electron chi connectivity index (χ1n) is 7.33. The molecule has 1 aromatic carbocycles. The molecular formula is C17H24N2O. The van der Waals surface area contributed by atoms with Gasteiger partial charge in [0.1, 0.15) is 0 Å². The molecule has 0 bridgehead atoms. The average Bonchev–Trinajstić information content (AvgIpc) is 2.50. The second kappa shape index (κ2) is 10.1. The first kappa shape index (κ1) is 16.3. The van der Waals surface area contributed by atoms with E-state index in [1.54, 1.807) is 24.3 Å². The maximum atomic E-state index is 11.8. The van der Waals surface area contributed by atoms with Crippen molar-refractivity contribution >= 4 is 5.91 Å². The van der Waals surface area contributed by atoms with Crippen molar-refractivity contribution in [3.8, 4) is 12.3 Å². The van der Waals surface area contributed by atoms with Crippen molar-refractivity contribution in [2.75, 3.05) is 13.1 Å². The van der Waals surface area contributed by atoms with Crippen LogP contribution in [0.3, 0.4) is 0 Å². The maximum Gasteiger partial charge on any atom is 0.251 e. The van der Waals surface area contributed by atoms with Crippen LogP contribution in [-0.4, -0.2) is 19.0 Å². The Morgan fingerprint density at radius 3 is 2.25 bits per heavy atom. The Kier molecular flexibility index (Phi) is 8.17. The lowest BCUT2D eigenvalue weighted by Gasteiger charge is -2.05. The molecule has 1 amide bonds. The van der Waals surface area contributed by atoms with Crippen molar-refractivity contribution in [2.45, 2.75) is 38.5 Å². The number of hydrogen-bond donors (Lipinski definition) is 2. The van der Waals surface area contributed by atoms with E-state index in [0.717, 1.165) is 37.9 Å². The fourth-order valence-corrected chi connectivity index (χ4v) is 2.00. The van der Waals surface area contributed by atoms with Crippen molar-refractivity contribution in [2.24, 2.45) is 5.73 Å². The standard InChI is InChI=1S/C17H24N2O/c1-2-15-9-11-16(12-10-15)17(20)19-14-8-6-4-3-5-7-13-18/h1,9-12H,3-8,13-14,18H2,(H,19,20). The van der Waals surface area contributed by atoms with Crippen LogP contribution in [0.25, 0.3) is 0 Å². The summed E-state index contributed by atoms with van der Waals surface area (Å²) in [4.78, 5) is 11.8. The Morgan fingerprint density at radius 2 is 1.65 bits per heavy atom. The first-order chi connectivity index (χ1) is 9.77. The summed E-state index contributed by atoms with van der Waals surface area (Å²) in [6.45, 7) is 1.52. The van der Waals surface area contributed by atoms with Gasteiger partial charge < -0.3 is 11.1 Å². The van der Waals surface area contributed by atoms with Crippen LogP contribution in [0.1, 0.15) is 54.4 Å². The molecule has 0 saturated carbocycles. The molecule has 0 radical (unpaired) electrons. The van der Waals surface area contributed by atoms with E-state index in [-0.39, 0.29) is 5.91 Å². The Hall–Kier alpha value is -1.79. The molecule has 0 aromatic heterocycles. The maximum absolute atomic E-state index is 11.8. The Bertz CT molecular complexity index is 431. The minimum atomic E-state index is -0.0308. The van der Waals surface area contributed by atoms with Crippen molar-refractivity contribution in [1.29, 1.82) is 0 Å². The third kappa shape index (κ3) is 6.40. The number of nitrogens with two attached hydrogens (primary N) is 1. The third-order valence-electron chi connectivity index (χ3n) is 3.23. The summed E-state index contributed by atoms with van der Waals surface area (Å²) in [5.41, 5.74) is 6.89. The normalized spacial score (nSPS) is 10.0. The largest absolute Gasteiger partial charge is 0.352 e. The monoisotopic (exact) mass is 272 g/mol. The summed E-state index contributed by atoms with van der Waals surface area (Å²) >= 11 is 0. The first-order valence-corrected chi connectivity index (χ1v) is 7.33. The molecule has 20 heavy (non-hydrogen) atoms. The molecule has 0 atom stereocenters. The van der Waals surface area contributed by atoms with Gasteiger partial charge in [-0.2, -0.15) is 0 Å². The second-order valence-corrected chi connectivity index (χ2v) is 4.89. The summed E-state index contributed by atoms with van der Waals surface area (Å²) in [6, 6.07) is 7.09. The van der Waals surface area contributed by atoms with Crippen LogP contribution in [0, 0.1) is 12.3 Å². The lowest BCUT2D eigenvalue weighted by atomic mass is 10.1. The van der Waals surface area contributed by atoms with E-state index in [2.05, 4.69) is 11.2 Å². The molecule has 0 saturated heterocycles. The summed E-state index contributed by atoms with van der Waals surface area (Å²) in [5, 5.41) is 2.93. The highest BCUT2D eigenvalue weighted by Gasteiger charge is 2.03. The molecule has 108 valence electrons. The zero-order valence-corrected chi connectivity index (χ0v) is 12.0. The predicted molar refractivity (Wildman–Crippen MR) is 83.5 cm³/mol. The van der Waals surface area contributed by atoms with Crippen molar-refractivity contribution in [1.82, 2.24) is 5.32 Å². The SMILES string of the molecule is C#Cc1ccc(C(=O)NCCCCCCCCN)cc1. The second-order valence-electron chi connectivity index (χ2n) is 4.89. The van der Waals surface area contributed by atoms with Crippen LogP contribution in [0.2, 0.25) is 0 Å². The molecule has 0 aliphatic carbocycles. The van der Waals surface area contributed by atoms with Gasteiger partial charge in [0.2, 0.25) is 0 Å². The fourth-order valence-electron chi connectivity index (χ4n) is 2.00. The molecule has 3 nitrogen and oxygen atoms in total. The molecule has 0 aliphatic heterocycles. The number of hydrogen-bond acceptors (Lipinski definition) is 2. The topological polar surface area (TPSA) is 55.1 Å². The third-order valence-corrected chi connectivity index (χ3v) is 3.23. The van der Waals surface area contributed by atoms with Gasteiger partial charge in [0.15, 0.2) is 0 Å². The van der Waals surface area contributed by atoms with Crippen LogP contribution in [0.5, 0.6) is 0 Å². The number of amides is 1. The smallest absolute Gasteiger partial charge is 0.251 e. The Balaban J connectivity index is 2.12. The van der Waals surface area contributed by atoms with Crippen molar-refractivity contribution in [3.05, 3.63) is 35.4 Å². The van der Waals surface area contributed by atoms with Crippen molar-refractivity contribution < 1.29 is 4.79 Å². The molecule has 0 heterocycles. The molecule has 0 spiro atoms. The average molecular weight is 272 g/mol. The highest BCUT2D eigenvalue weighted by Crippen LogP contribution is 2.05. The van der Waals surface area contributed by atoms with E-state index in [9.17, 15) is 4.79 Å². The van der Waals surface area contributed by atoms with Gasteiger partial charge in [-0.05, 0) is 43.7 Å². The number of carbonyl (C=O) groups excluding carboxylic acids is 1. The van der Waals surface area contributed by atoms with Crippen molar-refractivity contribution in [3.63, 3.8) is 0 Å². The lowest BCUT2D eigenvalue weighted by molar-refractivity contribution is 0.0953. The van der Waals surface area contributed by atoms with Gasteiger partial charge in [-0.1, -0.05) is 31.6 Å². The van der Waals surface area contributed by atoms with Gasteiger partial charge in [0.05, 0.1) is 0 Å². The predicted octanol–water partition coefficient (Wildman–Crippen LogP) is 2.70. The molecule has 0 aliphatic rings. The molecule has 3 N–H and O–H groups in total. The Labute approximate surface area is 121 Å².